The SMILES string of the molecule is O=C(C1c2ccccc2Oc2ccccc21)N1CCc2ccccc21. The number of nitrogens with zero attached hydrogens (tertiary/aromatic N) is 1. The second kappa shape index (κ2) is 5.49. The number of hydrogen-bond donors (Lipinski definition) is 0. The van der Waals surface area contributed by atoms with E-state index in [1.807, 2.05) is 71.6 Å². The number of para-hydroxylation sites is 3. The molecule has 1 amide bonds. The topological polar surface area (TPSA) is 29.5 Å². The molecule has 2 aliphatic rings. The molecule has 2 heterocycles. The van der Waals surface area contributed by atoms with Crippen LogP contribution in [0.1, 0.15) is 22.6 Å². The fourth-order valence-corrected chi connectivity index (χ4v) is 3.90. The first-order valence-corrected chi connectivity index (χ1v) is 8.58. The van der Waals surface area contributed by atoms with Gasteiger partial charge in [-0.15, -0.1) is 0 Å². The van der Waals surface area contributed by atoms with E-state index in [0.717, 1.165) is 41.3 Å². The van der Waals surface area contributed by atoms with Gasteiger partial charge in [-0.05, 0) is 30.2 Å². The first-order chi connectivity index (χ1) is 12.3. The van der Waals surface area contributed by atoms with Crippen molar-refractivity contribution < 1.29 is 9.53 Å². The Morgan fingerprint density at radius 1 is 0.840 bits per heavy atom. The number of amides is 1. The van der Waals surface area contributed by atoms with Crippen molar-refractivity contribution in [2.75, 3.05) is 11.4 Å². The van der Waals surface area contributed by atoms with E-state index in [1.54, 1.807) is 0 Å². The van der Waals surface area contributed by atoms with Crippen LogP contribution in [0.25, 0.3) is 0 Å². The van der Waals surface area contributed by atoms with Crippen molar-refractivity contribution in [3.63, 3.8) is 0 Å². The molecule has 0 N–H and O–H groups in total. The predicted octanol–water partition coefficient (Wildman–Crippen LogP) is 4.51. The average molecular weight is 327 g/mol. The van der Waals surface area contributed by atoms with Crippen molar-refractivity contribution in [2.45, 2.75) is 12.3 Å². The Hall–Kier alpha value is -3.07. The molecule has 25 heavy (non-hydrogen) atoms. The highest BCUT2D eigenvalue weighted by Gasteiger charge is 2.37. The molecule has 3 nitrogen and oxygen atoms in total. The lowest BCUT2D eigenvalue weighted by Gasteiger charge is -2.30. The lowest BCUT2D eigenvalue weighted by molar-refractivity contribution is -0.119. The molecule has 3 aromatic carbocycles. The van der Waals surface area contributed by atoms with E-state index >= 15 is 0 Å². The van der Waals surface area contributed by atoms with Crippen molar-refractivity contribution >= 4 is 11.6 Å². The number of carbonyl (C=O) groups excluding carboxylic acids is 1. The van der Waals surface area contributed by atoms with Crippen LogP contribution in [0.4, 0.5) is 5.69 Å². The normalized spacial score (nSPS) is 15.1. The Bertz CT molecular complexity index is 934. The number of anilines is 1. The predicted molar refractivity (Wildman–Crippen MR) is 97.3 cm³/mol. The van der Waals surface area contributed by atoms with Crippen molar-refractivity contribution in [2.24, 2.45) is 0 Å². The summed E-state index contributed by atoms with van der Waals surface area (Å²) in [5.74, 6) is 1.33. The van der Waals surface area contributed by atoms with E-state index in [2.05, 4.69) is 6.07 Å². The minimum atomic E-state index is -0.327. The molecule has 122 valence electrons. The first-order valence-electron chi connectivity index (χ1n) is 8.58. The van der Waals surface area contributed by atoms with Gasteiger partial charge in [0.25, 0.3) is 0 Å². The van der Waals surface area contributed by atoms with Crippen LogP contribution in [-0.4, -0.2) is 12.5 Å². The van der Waals surface area contributed by atoms with Gasteiger partial charge in [0.1, 0.15) is 11.5 Å². The van der Waals surface area contributed by atoms with Crippen LogP contribution in [0.2, 0.25) is 0 Å². The molecule has 0 saturated carbocycles. The average Bonchev–Trinajstić information content (AvgIpc) is 3.09. The van der Waals surface area contributed by atoms with Crippen LogP contribution in [0.3, 0.4) is 0 Å². The highest BCUT2D eigenvalue weighted by atomic mass is 16.5. The monoisotopic (exact) mass is 327 g/mol. The summed E-state index contributed by atoms with van der Waals surface area (Å²) in [6.07, 6.45) is 0.911. The number of benzene rings is 3. The third-order valence-corrected chi connectivity index (χ3v) is 5.08. The number of ether oxygens (including phenoxy) is 1. The fraction of sp³-hybridized carbons (Fsp3) is 0.136. The summed E-state index contributed by atoms with van der Waals surface area (Å²) < 4.78 is 6.02. The Labute approximate surface area is 146 Å². The van der Waals surface area contributed by atoms with Crippen LogP contribution < -0.4 is 9.64 Å². The largest absolute Gasteiger partial charge is 0.457 e. The van der Waals surface area contributed by atoms with Crippen LogP contribution in [0, 0.1) is 0 Å². The zero-order chi connectivity index (χ0) is 16.8. The Kier molecular flexibility index (Phi) is 3.14. The molecule has 0 unspecified atom stereocenters. The van der Waals surface area contributed by atoms with Crippen molar-refractivity contribution in [1.82, 2.24) is 0 Å². The molecule has 2 aliphatic heterocycles. The molecule has 3 heteroatoms. The van der Waals surface area contributed by atoms with Gasteiger partial charge in [-0.2, -0.15) is 0 Å². The number of rotatable bonds is 1. The summed E-state index contributed by atoms with van der Waals surface area (Å²) >= 11 is 0. The molecule has 0 atom stereocenters. The van der Waals surface area contributed by atoms with Crippen molar-refractivity contribution in [3.05, 3.63) is 89.5 Å². The van der Waals surface area contributed by atoms with Gasteiger partial charge in [0.15, 0.2) is 0 Å². The molecule has 5 rings (SSSR count). The summed E-state index contributed by atoms with van der Waals surface area (Å²) in [6.45, 7) is 0.736. The van der Waals surface area contributed by atoms with E-state index in [4.69, 9.17) is 4.74 Å². The van der Waals surface area contributed by atoms with Gasteiger partial charge in [-0.3, -0.25) is 4.79 Å². The smallest absolute Gasteiger partial charge is 0.239 e. The molecule has 0 aromatic heterocycles. The Morgan fingerprint density at radius 2 is 1.44 bits per heavy atom. The molecular weight excluding hydrogens is 310 g/mol. The minimum absolute atomic E-state index is 0.119. The summed E-state index contributed by atoms with van der Waals surface area (Å²) in [6, 6.07) is 23.9. The van der Waals surface area contributed by atoms with E-state index in [0.29, 0.717) is 0 Å². The maximum atomic E-state index is 13.6. The molecule has 0 spiro atoms. The van der Waals surface area contributed by atoms with Crippen LogP contribution >= 0.6 is 0 Å². The van der Waals surface area contributed by atoms with Gasteiger partial charge in [0.2, 0.25) is 5.91 Å². The molecule has 3 aromatic rings. The third-order valence-electron chi connectivity index (χ3n) is 5.08. The lowest BCUT2D eigenvalue weighted by atomic mass is 9.87. The standard InChI is InChI=1S/C22H17NO2/c24-22(23-14-13-15-7-1-4-10-18(15)23)21-16-8-2-5-11-19(16)25-20-12-6-3-9-17(20)21/h1-12,21H,13-14H2. The van der Waals surface area contributed by atoms with E-state index in [9.17, 15) is 4.79 Å². The lowest BCUT2D eigenvalue weighted by Crippen LogP contribution is -2.35. The third kappa shape index (κ3) is 2.16. The second-order valence-corrected chi connectivity index (χ2v) is 6.48. The molecule has 0 bridgehead atoms. The first kappa shape index (κ1) is 14.3. The highest BCUT2D eigenvalue weighted by molar-refractivity contribution is 6.02. The number of carbonyl (C=O) groups is 1. The van der Waals surface area contributed by atoms with E-state index < -0.39 is 0 Å². The van der Waals surface area contributed by atoms with Gasteiger partial charge in [0, 0.05) is 23.4 Å². The van der Waals surface area contributed by atoms with Gasteiger partial charge in [-0.1, -0.05) is 54.6 Å². The Morgan fingerprint density at radius 3 is 2.16 bits per heavy atom. The number of fused-ring (bicyclic) bond motifs is 3. The van der Waals surface area contributed by atoms with Gasteiger partial charge < -0.3 is 9.64 Å². The van der Waals surface area contributed by atoms with Gasteiger partial charge in [-0.25, -0.2) is 0 Å². The van der Waals surface area contributed by atoms with Crippen molar-refractivity contribution in [3.8, 4) is 11.5 Å². The van der Waals surface area contributed by atoms with E-state index in [-0.39, 0.29) is 11.8 Å². The van der Waals surface area contributed by atoms with Gasteiger partial charge in [0.05, 0.1) is 5.92 Å². The maximum Gasteiger partial charge on any atom is 0.239 e. The van der Waals surface area contributed by atoms with Crippen LogP contribution in [0.15, 0.2) is 72.8 Å². The summed E-state index contributed by atoms with van der Waals surface area (Å²) in [4.78, 5) is 15.5. The zero-order valence-corrected chi connectivity index (χ0v) is 13.7. The molecule has 0 aliphatic carbocycles. The molecule has 0 fully saturated rings. The van der Waals surface area contributed by atoms with E-state index in [1.165, 1.54) is 5.56 Å². The minimum Gasteiger partial charge on any atom is -0.457 e. The molecular formula is C22H17NO2. The quantitative estimate of drug-likeness (QED) is 0.658. The fourth-order valence-electron chi connectivity index (χ4n) is 3.90. The van der Waals surface area contributed by atoms with Crippen LogP contribution in [0.5, 0.6) is 11.5 Å². The summed E-state index contributed by atoms with van der Waals surface area (Å²) in [7, 11) is 0. The van der Waals surface area contributed by atoms with Crippen LogP contribution in [-0.2, 0) is 11.2 Å². The number of hydrogen-bond acceptors (Lipinski definition) is 2. The zero-order valence-electron chi connectivity index (χ0n) is 13.7. The molecule has 0 radical (unpaired) electrons. The Balaban J connectivity index is 1.64. The summed E-state index contributed by atoms with van der Waals surface area (Å²) in [5.41, 5.74) is 4.16. The van der Waals surface area contributed by atoms with Crippen molar-refractivity contribution in [1.29, 1.82) is 0 Å². The molecule has 0 saturated heterocycles. The highest BCUT2D eigenvalue weighted by Crippen LogP contribution is 2.45. The summed E-state index contributed by atoms with van der Waals surface area (Å²) in [5, 5.41) is 0. The second-order valence-electron chi connectivity index (χ2n) is 6.48. The van der Waals surface area contributed by atoms with Gasteiger partial charge >= 0.3 is 0 Å². The maximum absolute atomic E-state index is 13.6.